The number of phenolic OH excluding ortho intramolecular Hbond substituents is 1. The predicted octanol–water partition coefficient (Wildman–Crippen LogP) is 3.16. The van der Waals surface area contributed by atoms with Gasteiger partial charge in [0, 0.05) is 16.8 Å². The SMILES string of the molecule is Cl.Nc1nc2c(cc(O)c3ccccc32)s1. The zero-order valence-electron chi connectivity index (χ0n) is 8.18. The molecule has 1 aromatic heterocycles. The molecule has 3 N–H and O–H groups in total. The Morgan fingerprint density at radius 2 is 1.88 bits per heavy atom. The molecule has 0 radical (unpaired) electrons. The minimum Gasteiger partial charge on any atom is -0.507 e. The van der Waals surface area contributed by atoms with Gasteiger partial charge in [-0.25, -0.2) is 4.98 Å². The summed E-state index contributed by atoms with van der Waals surface area (Å²) in [5.74, 6) is 0.279. The summed E-state index contributed by atoms with van der Waals surface area (Å²) in [5.41, 5.74) is 6.52. The number of nitrogens with zero attached hydrogens (tertiary/aromatic N) is 1. The number of hydrogen-bond acceptors (Lipinski definition) is 4. The molecule has 0 saturated heterocycles. The van der Waals surface area contributed by atoms with Crippen molar-refractivity contribution in [3.05, 3.63) is 30.3 Å². The average Bonchev–Trinajstić information content (AvgIpc) is 2.59. The van der Waals surface area contributed by atoms with Crippen molar-refractivity contribution in [2.45, 2.75) is 0 Å². The maximum atomic E-state index is 9.82. The summed E-state index contributed by atoms with van der Waals surface area (Å²) in [6.07, 6.45) is 0. The molecule has 0 aliphatic rings. The van der Waals surface area contributed by atoms with Crippen LogP contribution in [0.25, 0.3) is 21.0 Å². The van der Waals surface area contributed by atoms with Gasteiger partial charge < -0.3 is 10.8 Å². The summed E-state index contributed by atoms with van der Waals surface area (Å²) in [7, 11) is 0. The molecule has 0 amide bonds. The molecule has 82 valence electrons. The minimum atomic E-state index is 0. The molecule has 0 spiro atoms. The van der Waals surface area contributed by atoms with Crippen molar-refractivity contribution in [2.24, 2.45) is 0 Å². The summed E-state index contributed by atoms with van der Waals surface area (Å²) in [4.78, 5) is 4.27. The van der Waals surface area contributed by atoms with Gasteiger partial charge in [-0.3, -0.25) is 0 Å². The quantitative estimate of drug-likeness (QED) is 0.646. The minimum absolute atomic E-state index is 0. The van der Waals surface area contributed by atoms with E-state index in [1.807, 2.05) is 24.3 Å². The van der Waals surface area contributed by atoms with E-state index < -0.39 is 0 Å². The summed E-state index contributed by atoms with van der Waals surface area (Å²) in [5, 5.41) is 12.1. The van der Waals surface area contributed by atoms with Crippen LogP contribution in [-0.2, 0) is 0 Å². The highest BCUT2D eigenvalue weighted by atomic mass is 35.5. The summed E-state index contributed by atoms with van der Waals surface area (Å²) < 4.78 is 0.920. The largest absolute Gasteiger partial charge is 0.507 e. The summed E-state index contributed by atoms with van der Waals surface area (Å²) in [6.45, 7) is 0. The number of hydrogen-bond donors (Lipinski definition) is 2. The number of aromatic nitrogens is 1. The Labute approximate surface area is 102 Å². The number of anilines is 1. The first-order chi connectivity index (χ1) is 7.25. The second kappa shape index (κ2) is 3.81. The van der Waals surface area contributed by atoms with Gasteiger partial charge in [0.15, 0.2) is 5.13 Å². The summed E-state index contributed by atoms with van der Waals surface area (Å²) in [6, 6.07) is 9.35. The zero-order chi connectivity index (χ0) is 10.4. The topological polar surface area (TPSA) is 59.1 Å². The normalized spacial score (nSPS) is 10.5. The van der Waals surface area contributed by atoms with Crippen molar-refractivity contribution in [1.82, 2.24) is 4.98 Å². The van der Waals surface area contributed by atoms with E-state index in [2.05, 4.69) is 4.98 Å². The third-order valence-electron chi connectivity index (χ3n) is 2.40. The average molecular weight is 253 g/mol. The van der Waals surface area contributed by atoms with E-state index in [1.165, 1.54) is 11.3 Å². The maximum absolute atomic E-state index is 9.82. The van der Waals surface area contributed by atoms with Crippen molar-refractivity contribution in [2.75, 3.05) is 5.73 Å². The van der Waals surface area contributed by atoms with Crippen molar-refractivity contribution in [3.8, 4) is 5.75 Å². The van der Waals surface area contributed by atoms with E-state index >= 15 is 0 Å². The van der Waals surface area contributed by atoms with Crippen molar-refractivity contribution in [3.63, 3.8) is 0 Å². The van der Waals surface area contributed by atoms with Gasteiger partial charge >= 0.3 is 0 Å². The fraction of sp³-hybridized carbons (Fsp3) is 0. The lowest BCUT2D eigenvalue weighted by atomic mass is 10.1. The Morgan fingerprint density at radius 3 is 2.62 bits per heavy atom. The molecule has 0 fully saturated rings. The van der Waals surface area contributed by atoms with Gasteiger partial charge in [-0.05, 0) is 0 Å². The molecule has 3 aromatic rings. The van der Waals surface area contributed by atoms with Crippen molar-refractivity contribution < 1.29 is 5.11 Å². The van der Waals surface area contributed by atoms with Gasteiger partial charge in [0.05, 0.1) is 10.2 Å². The van der Waals surface area contributed by atoms with Crippen LogP contribution in [-0.4, -0.2) is 10.1 Å². The van der Waals surface area contributed by atoms with Gasteiger partial charge in [0.25, 0.3) is 0 Å². The number of rotatable bonds is 0. The first kappa shape index (κ1) is 11.0. The molecule has 5 heteroatoms. The third kappa shape index (κ3) is 1.47. The number of phenols is 1. The lowest BCUT2D eigenvalue weighted by Gasteiger charge is -2.00. The number of fused-ring (bicyclic) bond motifs is 3. The number of nitrogen functional groups attached to an aromatic ring is 1. The number of halogens is 1. The molecule has 0 saturated carbocycles. The zero-order valence-corrected chi connectivity index (χ0v) is 9.81. The van der Waals surface area contributed by atoms with Crippen LogP contribution >= 0.6 is 23.7 Å². The van der Waals surface area contributed by atoms with Crippen LogP contribution in [0.1, 0.15) is 0 Å². The Morgan fingerprint density at radius 1 is 1.19 bits per heavy atom. The second-order valence-electron chi connectivity index (χ2n) is 3.34. The molecule has 0 bridgehead atoms. The van der Waals surface area contributed by atoms with Crippen LogP contribution in [0.2, 0.25) is 0 Å². The van der Waals surface area contributed by atoms with E-state index in [0.717, 1.165) is 21.0 Å². The van der Waals surface area contributed by atoms with Gasteiger partial charge in [0.1, 0.15) is 5.75 Å². The molecule has 16 heavy (non-hydrogen) atoms. The molecule has 3 nitrogen and oxygen atoms in total. The second-order valence-corrected chi connectivity index (χ2v) is 4.40. The highest BCUT2D eigenvalue weighted by Gasteiger charge is 2.08. The highest BCUT2D eigenvalue weighted by Crippen LogP contribution is 2.35. The Bertz CT molecular complexity index is 665. The van der Waals surface area contributed by atoms with E-state index in [0.29, 0.717) is 5.13 Å². The number of thiazole rings is 1. The first-order valence-electron chi connectivity index (χ1n) is 4.52. The van der Waals surface area contributed by atoms with Crippen LogP contribution < -0.4 is 5.73 Å². The van der Waals surface area contributed by atoms with E-state index in [9.17, 15) is 5.11 Å². The van der Waals surface area contributed by atoms with Gasteiger partial charge in [-0.1, -0.05) is 35.6 Å². The van der Waals surface area contributed by atoms with Crippen LogP contribution in [0.3, 0.4) is 0 Å². The van der Waals surface area contributed by atoms with Crippen molar-refractivity contribution in [1.29, 1.82) is 0 Å². The Balaban J connectivity index is 0.000000963. The van der Waals surface area contributed by atoms with Crippen molar-refractivity contribution >= 4 is 49.9 Å². The fourth-order valence-electron chi connectivity index (χ4n) is 1.75. The molecule has 0 aliphatic heterocycles. The van der Waals surface area contributed by atoms with Crippen LogP contribution in [0.5, 0.6) is 5.75 Å². The molecule has 3 rings (SSSR count). The number of benzene rings is 2. The standard InChI is InChI=1S/C11H8N2OS.ClH/c12-11-13-10-7-4-2-1-3-6(7)8(14)5-9(10)15-11;/h1-5,14H,(H2,12,13);1H. The van der Waals surface area contributed by atoms with E-state index in [4.69, 9.17) is 5.73 Å². The highest BCUT2D eigenvalue weighted by molar-refractivity contribution is 7.22. The van der Waals surface area contributed by atoms with Gasteiger partial charge in [-0.2, -0.15) is 0 Å². The lowest BCUT2D eigenvalue weighted by Crippen LogP contribution is -1.80. The predicted molar refractivity (Wildman–Crippen MR) is 70.5 cm³/mol. The smallest absolute Gasteiger partial charge is 0.181 e. The molecule has 0 unspecified atom stereocenters. The van der Waals surface area contributed by atoms with Gasteiger partial charge in [0.2, 0.25) is 0 Å². The third-order valence-corrected chi connectivity index (χ3v) is 3.23. The molecule has 0 atom stereocenters. The summed E-state index contributed by atoms with van der Waals surface area (Å²) >= 11 is 1.39. The van der Waals surface area contributed by atoms with Crippen LogP contribution in [0.15, 0.2) is 30.3 Å². The maximum Gasteiger partial charge on any atom is 0.181 e. The number of nitrogens with two attached hydrogens (primary N) is 1. The monoisotopic (exact) mass is 252 g/mol. The van der Waals surface area contributed by atoms with Crippen LogP contribution in [0, 0.1) is 0 Å². The molecular formula is C11H9ClN2OS. The molecular weight excluding hydrogens is 244 g/mol. The van der Waals surface area contributed by atoms with Gasteiger partial charge in [-0.15, -0.1) is 12.4 Å². The van der Waals surface area contributed by atoms with E-state index in [-0.39, 0.29) is 18.2 Å². The van der Waals surface area contributed by atoms with Crippen LogP contribution in [0.4, 0.5) is 5.13 Å². The number of aromatic hydroxyl groups is 1. The Hall–Kier alpha value is -1.52. The molecule has 2 aromatic carbocycles. The lowest BCUT2D eigenvalue weighted by molar-refractivity contribution is 0.482. The fourth-order valence-corrected chi connectivity index (χ4v) is 2.54. The first-order valence-corrected chi connectivity index (χ1v) is 5.34. The Kier molecular flexibility index (Phi) is 2.61. The van der Waals surface area contributed by atoms with E-state index in [1.54, 1.807) is 6.07 Å². The molecule has 1 heterocycles. The molecule has 0 aliphatic carbocycles.